The molecule has 1 aromatic rings. The van der Waals surface area contributed by atoms with Crippen molar-refractivity contribution in [2.75, 3.05) is 0 Å². The molecule has 4 heteroatoms. The van der Waals surface area contributed by atoms with E-state index in [-0.39, 0.29) is 5.91 Å². The van der Waals surface area contributed by atoms with Gasteiger partial charge in [0, 0.05) is 6.04 Å². The quantitative estimate of drug-likeness (QED) is 0.857. The second kappa shape index (κ2) is 5.74. The Hall–Kier alpha value is -0.350. The number of nitrogens with one attached hydrogen (secondary N) is 1. The number of carbonyl (C=O) groups excluding carboxylic acids is 1. The van der Waals surface area contributed by atoms with Crippen LogP contribution < -0.4 is 5.32 Å². The first kappa shape index (κ1) is 14.1. The van der Waals surface area contributed by atoms with Gasteiger partial charge in [-0.15, -0.1) is 11.3 Å². The highest BCUT2D eigenvalue weighted by molar-refractivity contribution is 9.11. The molecule has 0 aliphatic heterocycles. The summed E-state index contributed by atoms with van der Waals surface area (Å²) in [6, 6.07) is 2.31. The van der Waals surface area contributed by atoms with Gasteiger partial charge in [0.25, 0.3) is 5.91 Å². The molecule has 1 amide bonds. The van der Waals surface area contributed by atoms with Crippen LogP contribution in [0.15, 0.2) is 9.85 Å². The number of hydrogen-bond donors (Lipinski definition) is 1. The zero-order valence-electron chi connectivity index (χ0n) is 11.1. The number of rotatable bonds is 2. The lowest BCUT2D eigenvalue weighted by Gasteiger charge is -2.32. The second-order valence-corrected chi connectivity index (χ2v) is 7.88. The molecular formula is C14H20BrNOS. The van der Waals surface area contributed by atoms with Crippen LogP contribution >= 0.6 is 27.3 Å². The van der Waals surface area contributed by atoms with E-state index >= 15 is 0 Å². The summed E-state index contributed by atoms with van der Waals surface area (Å²) in [5.74, 6) is 1.58. The van der Waals surface area contributed by atoms with Gasteiger partial charge in [-0.05, 0) is 65.6 Å². The normalized spacial score (nSPS) is 28.1. The van der Waals surface area contributed by atoms with E-state index in [0.29, 0.717) is 12.0 Å². The summed E-state index contributed by atoms with van der Waals surface area (Å²) >= 11 is 4.98. The minimum atomic E-state index is 0.0838. The molecule has 1 fully saturated rings. The number of hydrogen-bond acceptors (Lipinski definition) is 2. The Morgan fingerprint density at radius 1 is 1.39 bits per heavy atom. The monoisotopic (exact) mass is 329 g/mol. The molecule has 0 bridgehead atoms. The fourth-order valence-corrected chi connectivity index (χ4v) is 3.94. The maximum atomic E-state index is 12.1. The topological polar surface area (TPSA) is 29.1 Å². The standard InChI is InChI=1S/C14H20BrNOS/c1-8-4-5-11(6-9(8)2)16-14(17)12-7-10(3)13(15)18-12/h7-9,11H,4-6H2,1-3H3,(H,16,17). The number of halogens is 1. The fourth-order valence-electron chi connectivity index (χ4n) is 2.51. The molecule has 3 atom stereocenters. The largest absolute Gasteiger partial charge is 0.349 e. The van der Waals surface area contributed by atoms with E-state index in [1.165, 1.54) is 17.8 Å². The highest BCUT2D eigenvalue weighted by Gasteiger charge is 2.26. The van der Waals surface area contributed by atoms with Gasteiger partial charge in [0.1, 0.15) is 0 Å². The summed E-state index contributed by atoms with van der Waals surface area (Å²) < 4.78 is 1.05. The van der Waals surface area contributed by atoms with Crippen molar-refractivity contribution in [1.29, 1.82) is 0 Å². The third-order valence-corrected chi connectivity index (χ3v) is 6.15. The van der Waals surface area contributed by atoms with Gasteiger partial charge in [-0.2, -0.15) is 0 Å². The smallest absolute Gasteiger partial charge is 0.261 e. The van der Waals surface area contributed by atoms with Gasteiger partial charge >= 0.3 is 0 Å². The zero-order chi connectivity index (χ0) is 13.3. The molecule has 1 aromatic heterocycles. The van der Waals surface area contributed by atoms with Crippen LogP contribution in [-0.4, -0.2) is 11.9 Å². The molecular weight excluding hydrogens is 310 g/mol. The van der Waals surface area contributed by atoms with Crippen molar-refractivity contribution in [3.05, 3.63) is 20.3 Å². The Morgan fingerprint density at radius 3 is 2.67 bits per heavy atom. The molecule has 100 valence electrons. The Balaban J connectivity index is 1.95. The van der Waals surface area contributed by atoms with Crippen LogP contribution in [0.1, 0.15) is 48.3 Å². The number of amides is 1. The van der Waals surface area contributed by atoms with Crippen LogP contribution in [0.5, 0.6) is 0 Å². The molecule has 1 aliphatic rings. The van der Waals surface area contributed by atoms with Crippen LogP contribution in [0.4, 0.5) is 0 Å². The Morgan fingerprint density at radius 2 is 2.11 bits per heavy atom. The lowest BCUT2D eigenvalue weighted by Crippen LogP contribution is -2.39. The van der Waals surface area contributed by atoms with Gasteiger partial charge in [-0.3, -0.25) is 4.79 Å². The van der Waals surface area contributed by atoms with Gasteiger partial charge in [-0.1, -0.05) is 13.8 Å². The van der Waals surface area contributed by atoms with E-state index in [0.717, 1.165) is 33.0 Å². The van der Waals surface area contributed by atoms with Crippen LogP contribution in [0, 0.1) is 18.8 Å². The van der Waals surface area contributed by atoms with Gasteiger partial charge in [0.2, 0.25) is 0 Å². The van der Waals surface area contributed by atoms with Crippen LogP contribution in [0.2, 0.25) is 0 Å². The maximum Gasteiger partial charge on any atom is 0.261 e. The summed E-state index contributed by atoms with van der Waals surface area (Å²) in [7, 11) is 0. The third-order valence-electron chi connectivity index (χ3n) is 4.01. The highest BCUT2D eigenvalue weighted by Crippen LogP contribution is 2.30. The Kier molecular flexibility index (Phi) is 4.49. The second-order valence-electron chi connectivity index (χ2n) is 5.51. The van der Waals surface area contributed by atoms with Crippen molar-refractivity contribution >= 4 is 33.2 Å². The van der Waals surface area contributed by atoms with Crippen molar-refractivity contribution < 1.29 is 4.79 Å². The number of carbonyl (C=O) groups is 1. The Labute approximate surface area is 121 Å². The molecule has 1 aliphatic carbocycles. The highest BCUT2D eigenvalue weighted by atomic mass is 79.9. The minimum absolute atomic E-state index is 0.0838. The van der Waals surface area contributed by atoms with Gasteiger partial charge in [0.15, 0.2) is 0 Å². The van der Waals surface area contributed by atoms with E-state index in [9.17, 15) is 4.79 Å². The van der Waals surface area contributed by atoms with Crippen LogP contribution in [0.25, 0.3) is 0 Å². The molecule has 2 rings (SSSR count). The average molecular weight is 330 g/mol. The molecule has 1 N–H and O–H groups in total. The summed E-state index contributed by atoms with van der Waals surface area (Å²) in [5, 5.41) is 3.18. The molecule has 3 unspecified atom stereocenters. The van der Waals surface area contributed by atoms with Gasteiger partial charge in [0.05, 0.1) is 8.66 Å². The molecule has 1 saturated carbocycles. The van der Waals surface area contributed by atoms with Crippen molar-refractivity contribution in [2.24, 2.45) is 11.8 Å². The van der Waals surface area contributed by atoms with Crippen molar-refractivity contribution in [3.8, 4) is 0 Å². The lowest BCUT2D eigenvalue weighted by molar-refractivity contribution is 0.0914. The SMILES string of the molecule is Cc1cc(C(=O)NC2CCC(C)C(C)C2)sc1Br. The van der Waals surface area contributed by atoms with Gasteiger partial charge in [-0.25, -0.2) is 0 Å². The molecule has 0 radical (unpaired) electrons. The average Bonchev–Trinajstić information content (AvgIpc) is 2.65. The summed E-state index contributed by atoms with van der Waals surface area (Å²) in [6.45, 7) is 6.61. The minimum Gasteiger partial charge on any atom is -0.349 e. The van der Waals surface area contributed by atoms with E-state index in [1.54, 1.807) is 0 Å². The van der Waals surface area contributed by atoms with Crippen molar-refractivity contribution in [2.45, 2.75) is 46.1 Å². The molecule has 1 heterocycles. The molecule has 0 saturated heterocycles. The third kappa shape index (κ3) is 3.15. The number of thiophene rings is 1. The predicted molar refractivity (Wildman–Crippen MR) is 80.2 cm³/mol. The molecule has 18 heavy (non-hydrogen) atoms. The van der Waals surface area contributed by atoms with Crippen LogP contribution in [0.3, 0.4) is 0 Å². The van der Waals surface area contributed by atoms with Gasteiger partial charge < -0.3 is 5.32 Å². The van der Waals surface area contributed by atoms with E-state index in [1.807, 2.05) is 13.0 Å². The summed E-state index contributed by atoms with van der Waals surface area (Å²) in [5.41, 5.74) is 1.13. The van der Waals surface area contributed by atoms with E-state index < -0.39 is 0 Å². The zero-order valence-corrected chi connectivity index (χ0v) is 13.5. The van der Waals surface area contributed by atoms with E-state index in [2.05, 4.69) is 35.1 Å². The first-order valence-electron chi connectivity index (χ1n) is 6.54. The first-order chi connectivity index (χ1) is 8.47. The summed E-state index contributed by atoms with van der Waals surface area (Å²) in [4.78, 5) is 13.0. The van der Waals surface area contributed by atoms with Crippen molar-refractivity contribution in [3.63, 3.8) is 0 Å². The first-order valence-corrected chi connectivity index (χ1v) is 8.15. The fraction of sp³-hybridized carbons (Fsp3) is 0.643. The van der Waals surface area contributed by atoms with E-state index in [4.69, 9.17) is 0 Å². The predicted octanol–water partition coefficient (Wildman–Crippen LogP) is 4.37. The van der Waals surface area contributed by atoms with Crippen molar-refractivity contribution in [1.82, 2.24) is 5.32 Å². The van der Waals surface area contributed by atoms with Crippen LogP contribution in [-0.2, 0) is 0 Å². The molecule has 0 aromatic carbocycles. The molecule has 2 nitrogen and oxygen atoms in total. The Bertz CT molecular complexity index is 424. The number of aryl methyl sites for hydroxylation is 1. The maximum absolute atomic E-state index is 12.1. The summed E-state index contributed by atoms with van der Waals surface area (Å²) in [6.07, 6.45) is 3.44. The lowest BCUT2D eigenvalue weighted by atomic mass is 9.79. The molecule has 0 spiro atoms.